The van der Waals surface area contributed by atoms with Gasteiger partial charge < -0.3 is 15.4 Å². The van der Waals surface area contributed by atoms with E-state index in [9.17, 15) is 15.3 Å². The van der Waals surface area contributed by atoms with Crippen molar-refractivity contribution in [2.45, 2.75) is 32.6 Å². The summed E-state index contributed by atoms with van der Waals surface area (Å²) in [4.78, 5) is 22.9. The summed E-state index contributed by atoms with van der Waals surface area (Å²) >= 11 is 0. The van der Waals surface area contributed by atoms with E-state index in [0.717, 1.165) is 26.2 Å². The van der Waals surface area contributed by atoms with E-state index in [1.54, 1.807) is 36.1 Å². The third kappa shape index (κ3) is 5.42. The molecule has 4 aliphatic rings. The summed E-state index contributed by atoms with van der Waals surface area (Å²) < 4.78 is 7.66. The van der Waals surface area contributed by atoms with Crippen LogP contribution >= 0.6 is 0 Å². The van der Waals surface area contributed by atoms with Gasteiger partial charge in [0.05, 0.1) is 24.3 Å². The quantitative estimate of drug-likeness (QED) is 0.564. The average Bonchev–Trinajstić information content (AvgIpc) is 3.10. The molecule has 2 aliphatic heterocycles. The molecular formula is C29H28N8O2. The van der Waals surface area contributed by atoms with Crippen LogP contribution in [0.5, 0.6) is 6.01 Å². The van der Waals surface area contributed by atoms with E-state index in [1.165, 1.54) is 4.57 Å². The van der Waals surface area contributed by atoms with Gasteiger partial charge >= 0.3 is 6.01 Å². The molecule has 1 fully saturated rings. The number of nitriles is 2. The second kappa shape index (κ2) is 11.7. The lowest BCUT2D eigenvalue weighted by Crippen LogP contribution is -2.55. The third-order valence-corrected chi connectivity index (χ3v) is 6.70. The zero-order valence-corrected chi connectivity index (χ0v) is 21.6. The summed E-state index contributed by atoms with van der Waals surface area (Å²) in [5.74, 6) is 3.79. The van der Waals surface area contributed by atoms with Crippen molar-refractivity contribution in [3.63, 3.8) is 0 Å². The monoisotopic (exact) mass is 520 g/mol. The Morgan fingerprint density at radius 3 is 2.72 bits per heavy atom. The Labute approximate surface area is 227 Å². The Hall–Kier alpha value is -4.82. The van der Waals surface area contributed by atoms with Gasteiger partial charge in [-0.2, -0.15) is 15.5 Å². The number of piperazine rings is 1. The standard InChI is InChI=1S/C29H28N8O2/c1-2-14-36-25-26(33-28(36)35-15-12-32-13-16-35)34-29(39-24-11-7-6-8-21(17-24)18-30)37(27(25)38)20-23-10-5-3-4-9-22(23)19-31/h3,5-11,28,32-33H,4,12-13,15-17,20H2,1H3. The molecule has 10 heteroatoms. The lowest BCUT2D eigenvalue weighted by molar-refractivity contribution is 0.196. The Balaban J connectivity index is 1.61. The summed E-state index contributed by atoms with van der Waals surface area (Å²) in [7, 11) is 0. The van der Waals surface area contributed by atoms with Gasteiger partial charge in [0, 0.05) is 44.2 Å². The molecule has 196 valence electrons. The van der Waals surface area contributed by atoms with Gasteiger partial charge in [0.1, 0.15) is 5.76 Å². The van der Waals surface area contributed by atoms with Crippen LogP contribution in [0.1, 0.15) is 19.8 Å². The average molecular weight is 521 g/mol. The van der Waals surface area contributed by atoms with Gasteiger partial charge in [-0.15, -0.1) is 0 Å². The molecule has 1 saturated heterocycles. The maximum atomic E-state index is 14.2. The van der Waals surface area contributed by atoms with Gasteiger partial charge in [0.2, 0.25) is 0 Å². The Morgan fingerprint density at radius 2 is 1.95 bits per heavy atom. The predicted molar refractivity (Wildman–Crippen MR) is 148 cm³/mol. The molecular weight excluding hydrogens is 492 g/mol. The molecule has 1 aromatic rings. The maximum absolute atomic E-state index is 14.2. The number of fused-ring (bicyclic) bond motifs is 1. The number of anilines is 2. The van der Waals surface area contributed by atoms with Crippen LogP contribution in [0, 0.1) is 34.6 Å². The predicted octanol–water partition coefficient (Wildman–Crippen LogP) is 2.65. The zero-order chi connectivity index (χ0) is 27.2. The van der Waals surface area contributed by atoms with Crippen LogP contribution in [0.3, 0.4) is 0 Å². The zero-order valence-electron chi connectivity index (χ0n) is 21.6. The maximum Gasteiger partial charge on any atom is 0.306 e. The number of allylic oxidation sites excluding steroid dienone is 11. The molecule has 1 unspecified atom stereocenters. The summed E-state index contributed by atoms with van der Waals surface area (Å²) in [6.45, 7) is 5.03. The van der Waals surface area contributed by atoms with Crippen LogP contribution in [-0.4, -0.2) is 46.9 Å². The van der Waals surface area contributed by atoms with Crippen LogP contribution in [0.15, 0.2) is 75.9 Å². The fourth-order valence-corrected chi connectivity index (χ4v) is 4.79. The van der Waals surface area contributed by atoms with Gasteiger partial charge in [0.15, 0.2) is 17.8 Å². The van der Waals surface area contributed by atoms with E-state index in [4.69, 9.17) is 9.72 Å². The van der Waals surface area contributed by atoms with Gasteiger partial charge in [-0.1, -0.05) is 42.4 Å². The highest BCUT2D eigenvalue weighted by atomic mass is 16.5. The SMILES string of the molecule is CC#CN1c2c(nc(OC3=CC=CC=C(C#N)C3)n(CC3=CC=CCC=C3C#N)c2=O)NC1N1CCNCC1. The minimum Gasteiger partial charge on any atom is -0.430 e. The summed E-state index contributed by atoms with van der Waals surface area (Å²) in [5.41, 5.74) is 1.68. The van der Waals surface area contributed by atoms with Crippen molar-refractivity contribution in [3.8, 4) is 30.1 Å². The van der Waals surface area contributed by atoms with Crippen molar-refractivity contribution in [1.82, 2.24) is 19.8 Å². The second-order valence-corrected chi connectivity index (χ2v) is 9.20. The van der Waals surface area contributed by atoms with E-state index < -0.39 is 0 Å². The Morgan fingerprint density at radius 1 is 1.13 bits per heavy atom. The largest absolute Gasteiger partial charge is 0.430 e. The van der Waals surface area contributed by atoms with Crippen molar-refractivity contribution in [1.29, 1.82) is 10.5 Å². The van der Waals surface area contributed by atoms with E-state index in [-0.39, 0.29) is 30.8 Å². The van der Waals surface area contributed by atoms with Gasteiger partial charge in [0.25, 0.3) is 5.56 Å². The number of hydrogen-bond donors (Lipinski definition) is 2. The molecule has 0 spiro atoms. The van der Waals surface area contributed by atoms with Gasteiger partial charge in [-0.05, 0) is 31.1 Å². The topological polar surface area (TPSA) is 122 Å². The van der Waals surface area contributed by atoms with Crippen molar-refractivity contribution in [3.05, 3.63) is 81.4 Å². The van der Waals surface area contributed by atoms with Gasteiger partial charge in [-0.3, -0.25) is 19.2 Å². The minimum absolute atomic E-state index is 0.0712. The number of hydrogen-bond acceptors (Lipinski definition) is 9. The molecule has 1 atom stereocenters. The first-order valence-corrected chi connectivity index (χ1v) is 12.8. The fourth-order valence-electron chi connectivity index (χ4n) is 4.79. The van der Waals surface area contributed by atoms with Crippen LogP contribution in [-0.2, 0) is 6.54 Å². The highest BCUT2D eigenvalue weighted by Gasteiger charge is 2.38. The summed E-state index contributed by atoms with van der Waals surface area (Å²) in [6, 6.07) is 7.57. The highest BCUT2D eigenvalue weighted by Crippen LogP contribution is 2.34. The van der Waals surface area contributed by atoms with Gasteiger partial charge in [-0.25, -0.2) is 0 Å². The van der Waals surface area contributed by atoms with Crippen LogP contribution < -0.4 is 25.8 Å². The second-order valence-electron chi connectivity index (χ2n) is 9.20. The van der Waals surface area contributed by atoms with Crippen molar-refractivity contribution < 1.29 is 4.74 Å². The van der Waals surface area contributed by atoms with Crippen LogP contribution in [0.25, 0.3) is 0 Å². The number of aromatic nitrogens is 2. The molecule has 10 nitrogen and oxygen atoms in total. The van der Waals surface area contributed by atoms with E-state index in [1.807, 2.05) is 24.3 Å². The van der Waals surface area contributed by atoms with E-state index in [2.05, 4.69) is 39.6 Å². The lowest BCUT2D eigenvalue weighted by Gasteiger charge is -2.35. The van der Waals surface area contributed by atoms with E-state index >= 15 is 0 Å². The smallest absolute Gasteiger partial charge is 0.306 e. The Bertz CT molecular complexity index is 1540. The minimum atomic E-state index is -0.360. The number of nitrogens with one attached hydrogen (secondary N) is 2. The van der Waals surface area contributed by atoms with Crippen molar-refractivity contribution >= 4 is 11.5 Å². The summed E-state index contributed by atoms with van der Waals surface area (Å²) in [5, 5.41) is 26.0. The number of ether oxygens (including phenoxy) is 1. The van der Waals surface area contributed by atoms with Crippen molar-refractivity contribution in [2.24, 2.45) is 0 Å². The molecule has 2 N–H and O–H groups in total. The lowest BCUT2D eigenvalue weighted by atomic mass is 10.1. The molecule has 0 bridgehead atoms. The fraction of sp³-hybridized carbons (Fsp3) is 0.310. The first-order chi connectivity index (χ1) is 19.1. The molecule has 0 radical (unpaired) electrons. The number of nitrogens with zero attached hydrogens (tertiary/aromatic N) is 6. The van der Waals surface area contributed by atoms with Crippen molar-refractivity contribution in [2.75, 3.05) is 36.4 Å². The molecule has 0 saturated carbocycles. The normalized spacial score (nSPS) is 20.4. The molecule has 1 aromatic heterocycles. The molecule has 0 amide bonds. The first-order valence-electron chi connectivity index (χ1n) is 12.8. The highest BCUT2D eigenvalue weighted by molar-refractivity contribution is 5.74. The van der Waals surface area contributed by atoms with E-state index in [0.29, 0.717) is 40.4 Å². The molecule has 2 aliphatic carbocycles. The van der Waals surface area contributed by atoms with Crippen LogP contribution in [0.4, 0.5) is 11.5 Å². The molecule has 39 heavy (non-hydrogen) atoms. The summed E-state index contributed by atoms with van der Waals surface area (Å²) in [6.07, 6.45) is 15.1. The Kier molecular flexibility index (Phi) is 7.75. The molecule has 5 rings (SSSR count). The van der Waals surface area contributed by atoms with Crippen LogP contribution in [0.2, 0.25) is 0 Å². The molecule has 3 heterocycles. The molecule has 0 aromatic carbocycles. The first kappa shape index (κ1) is 25.8. The number of rotatable bonds is 5. The third-order valence-electron chi connectivity index (χ3n) is 6.70.